The van der Waals surface area contributed by atoms with Crippen LogP contribution in [0.25, 0.3) is 0 Å². The van der Waals surface area contributed by atoms with Crippen LogP contribution in [0.3, 0.4) is 0 Å². The van der Waals surface area contributed by atoms with Crippen LogP contribution in [0, 0.1) is 0 Å². The molecular weight excluding hydrogens is 162 g/mol. The fraction of sp³-hybridized carbons (Fsp3) is 0.900. The Labute approximate surface area is 81.8 Å². The van der Waals surface area contributed by atoms with Crippen LogP contribution in [0.15, 0.2) is 9.98 Å². The molecule has 0 aliphatic heterocycles. The molecule has 0 bridgehead atoms. The van der Waals surface area contributed by atoms with Gasteiger partial charge in [0.1, 0.15) is 0 Å². The van der Waals surface area contributed by atoms with Crippen molar-refractivity contribution in [3.63, 3.8) is 0 Å². The Hall–Kier alpha value is -0.660. The van der Waals surface area contributed by atoms with Crippen molar-refractivity contribution in [1.29, 1.82) is 0 Å². The highest BCUT2D eigenvalue weighted by Gasteiger charge is 2.09. The molecule has 0 atom stereocenters. The summed E-state index contributed by atoms with van der Waals surface area (Å²) in [6, 6.07) is 2.68. The van der Waals surface area contributed by atoms with E-state index in [1.807, 2.05) is 6.92 Å². The predicted octanol–water partition coefficient (Wildman–Crippen LogP) is 1.67. The van der Waals surface area contributed by atoms with Crippen molar-refractivity contribution in [2.75, 3.05) is 40.3 Å². The van der Waals surface area contributed by atoms with Gasteiger partial charge in [0, 0.05) is 13.0 Å². The van der Waals surface area contributed by atoms with E-state index in [9.17, 15) is 0 Å². The van der Waals surface area contributed by atoms with Crippen LogP contribution >= 0.6 is 0 Å². The predicted molar refractivity (Wildman–Crippen MR) is 57.4 cm³/mol. The molecule has 0 radical (unpaired) electrons. The molecule has 0 rings (SSSR count). The molecule has 3 nitrogen and oxygen atoms in total. The van der Waals surface area contributed by atoms with E-state index in [4.69, 9.17) is 0 Å². The fourth-order valence-corrected chi connectivity index (χ4v) is 0.907. The first-order valence-electron chi connectivity index (χ1n) is 5.02. The average Bonchev–Trinajstić information content (AvgIpc) is 2.11. The Bertz CT molecular complexity index is 179. The summed E-state index contributed by atoms with van der Waals surface area (Å²) >= 11 is 0. The molecule has 0 fully saturated rings. The highest BCUT2D eigenvalue weighted by molar-refractivity contribution is 5.40. The third-order valence-corrected chi connectivity index (χ3v) is 2.19. The van der Waals surface area contributed by atoms with Gasteiger partial charge in [-0.2, -0.15) is 0 Å². The maximum Gasteiger partial charge on any atom is 0.0892 e. The molecule has 76 valence electrons. The third-order valence-electron chi connectivity index (χ3n) is 2.19. The van der Waals surface area contributed by atoms with E-state index in [0.717, 1.165) is 24.0 Å². The summed E-state index contributed by atoms with van der Waals surface area (Å²) in [6.07, 6.45) is 1.12. The second-order valence-electron chi connectivity index (χ2n) is 3.79. The number of hydrogen-bond acceptors (Lipinski definition) is 2. The van der Waals surface area contributed by atoms with Crippen LogP contribution < -0.4 is 0 Å². The summed E-state index contributed by atoms with van der Waals surface area (Å²) in [5.74, 6) is 0. The normalized spacial score (nSPS) is 10.8. The molecule has 0 aromatic heterocycles. The van der Waals surface area contributed by atoms with Gasteiger partial charge in [0.2, 0.25) is 0 Å². The van der Waals surface area contributed by atoms with Crippen molar-refractivity contribution in [3.05, 3.63) is 0 Å². The largest absolute Gasteiger partial charge is 0.329 e. The van der Waals surface area contributed by atoms with E-state index < -0.39 is 0 Å². The summed E-state index contributed by atoms with van der Waals surface area (Å²) in [4.78, 5) is 7.98. The fourth-order valence-electron chi connectivity index (χ4n) is 0.907. The van der Waals surface area contributed by atoms with Gasteiger partial charge in [-0.3, -0.25) is 0 Å². The van der Waals surface area contributed by atoms with Gasteiger partial charge in [0.25, 0.3) is 0 Å². The Morgan fingerprint density at radius 1 is 1.15 bits per heavy atom. The standard InChI is InChI=1S/C10H22N3/c1-5-11-10-12-8-7-9-13(3,4)6-2/h5-9H2,1-4H3/q+1. The van der Waals surface area contributed by atoms with Gasteiger partial charge in [-0.25, -0.2) is 9.98 Å². The molecule has 0 aliphatic rings. The molecule has 0 saturated carbocycles. The Balaban J connectivity index is 3.51. The van der Waals surface area contributed by atoms with Crippen molar-refractivity contribution in [3.8, 4) is 0 Å². The summed E-state index contributed by atoms with van der Waals surface area (Å²) in [7, 11) is 4.48. The molecule has 0 saturated heterocycles. The van der Waals surface area contributed by atoms with Gasteiger partial charge in [-0.1, -0.05) is 0 Å². The van der Waals surface area contributed by atoms with Crippen molar-refractivity contribution >= 4 is 6.01 Å². The van der Waals surface area contributed by atoms with E-state index in [1.54, 1.807) is 0 Å². The quantitative estimate of drug-likeness (QED) is 0.341. The maximum atomic E-state index is 4.07. The van der Waals surface area contributed by atoms with Gasteiger partial charge >= 0.3 is 0 Å². The molecule has 0 aliphatic carbocycles. The zero-order valence-electron chi connectivity index (χ0n) is 9.38. The Morgan fingerprint density at radius 2 is 1.85 bits per heavy atom. The lowest BCUT2D eigenvalue weighted by molar-refractivity contribution is -0.888. The second kappa shape index (κ2) is 6.81. The molecule has 0 unspecified atom stereocenters. The topological polar surface area (TPSA) is 24.7 Å². The van der Waals surface area contributed by atoms with E-state index in [-0.39, 0.29) is 0 Å². The third kappa shape index (κ3) is 7.69. The first-order chi connectivity index (χ1) is 6.12. The lowest BCUT2D eigenvalue weighted by Gasteiger charge is -2.27. The molecule has 0 spiro atoms. The molecule has 0 heterocycles. The van der Waals surface area contributed by atoms with E-state index in [2.05, 4.69) is 37.0 Å². The summed E-state index contributed by atoms with van der Waals surface area (Å²) in [5, 5.41) is 0. The van der Waals surface area contributed by atoms with Gasteiger partial charge in [0.05, 0.1) is 39.7 Å². The van der Waals surface area contributed by atoms with Crippen LogP contribution in [0.1, 0.15) is 20.3 Å². The molecule has 0 aromatic carbocycles. The maximum absolute atomic E-state index is 4.07. The Kier molecular flexibility index (Phi) is 6.47. The first kappa shape index (κ1) is 12.3. The van der Waals surface area contributed by atoms with Gasteiger partial charge in [0.15, 0.2) is 0 Å². The van der Waals surface area contributed by atoms with Crippen LogP contribution in [0.2, 0.25) is 0 Å². The SMILES string of the molecule is CCN=C=NCCC[N+](C)(C)CC. The number of aliphatic imine (C=N–C) groups is 2. The van der Waals surface area contributed by atoms with Crippen LogP contribution in [-0.4, -0.2) is 50.8 Å². The molecule has 0 amide bonds. The Morgan fingerprint density at radius 3 is 2.38 bits per heavy atom. The van der Waals surface area contributed by atoms with Crippen LogP contribution in [0.4, 0.5) is 0 Å². The van der Waals surface area contributed by atoms with Crippen LogP contribution in [0.5, 0.6) is 0 Å². The van der Waals surface area contributed by atoms with Crippen LogP contribution in [-0.2, 0) is 0 Å². The molecule has 0 aromatic rings. The minimum atomic E-state index is 0.778. The summed E-state index contributed by atoms with van der Waals surface area (Å²) < 4.78 is 1.07. The van der Waals surface area contributed by atoms with Crippen molar-refractivity contribution in [1.82, 2.24) is 0 Å². The zero-order valence-corrected chi connectivity index (χ0v) is 9.38. The highest BCUT2D eigenvalue weighted by Crippen LogP contribution is 1.97. The number of nitrogens with zero attached hydrogens (tertiary/aromatic N) is 3. The summed E-state index contributed by atoms with van der Waals surface area (Å²) in [6.45, 7) is 8.17. The molecule has 0 N–H and O–H groups in total. The lowest BCUT2D eigenvalue weighted by Crippen LogP contribution is -2.40. The smallest absolute Gasteiger partial charge is 0.0892 e. The number of rotatable bonds is 6. The molecular formula is C10H22N3+. The first-order valence-corrected chi connectivity index (χ1v) is 5.02. The lowest BCUT2D eigenvalue weighted by atomic mass is 10.3. The summed E-state index contributed by atoms with van der Waals surface area (Å²) in [5.41, 5.74) is 0. The van der Waals surface area contributed by atoms with Crippen molar-refractivity contribution < 1.29 is 4.48 Å². The number of quaternary nitrogens is 1. The minimum Gasteiger partial charge on any atom is -0.329 e. The molecule has 13 heavy (non-hydrogen) atoms. The van der Waals surface area contributed by atoms with E-state index >= 15 is 0 Å². The zero-order chi connectivity index (χ0) is 10.2. The van der Waals surface area contributed by atoms with Gasteiger partial charge in [-0.15, -0.1) is 0 Å². The van der Waals surface area contributed by atoms with E-state index in [0.29, 0.717) is 0 Å². The number of hydrogen-bond donors (Lipinski definition) is 0. The minimum absolute atomic E-state index is 0.778. The van der Waals surface area contributed by atoms with Crippen molar-refractivity contribution in [2.45, 2.75) is 20.3 Å². The van der Waals surface area contributed by atoms with Gasteiger partial charge in [-0.05, 0) is 13.8 Å². The molecule has 3 heteroatoms. The van der Waals surface area contributed by atoms with Crippen molar-refractivity contribution in [2.24, 2.45) is 9.98 Å². The van der Waals surface area contributed by atoms with E-state index in [1.165, 1.54) is 13.1 Å². The highest BCUT2D eigenvalue weighted by atomic mass is 15.3. The second-order valence-corrected chi connectivity index (χ2v) is 3.79. The monoisotopic (exact) mass is 184 g/mol. The average molecular weight is 184 g/mol. The van der Waals surface area contributed by atoms with Gasteiger partial charge < -0.3 is 4.48 Å².